The predicted molar refractivity (Wildman–Crippen MR) is 76.8 cm³/mol. The Morgan fingerprint density at radius 2 is 2.14 bits per heavy atom. The molecule has 1 aliphatic rings. The maximum absolute atomic E-state index is 12.6. The van der Waals surface area contributed by atoms with E-state index in [0.29, 0.717) is 25.3 Å². The van der Waals surface area contributed by atoms with Crippen molar-refractivity contribution in [3.8, 4) is 5.75 Å². The second kappa shape index (κ2) is 6.28. The van der Waals surface area contributed by atoms with Crippen molar-refractivity contribution in [2.45, 2.75) is 17.7 Å². The molecule has 1 aromatic rings. The third-order valence-electron chi connectivity index (χ3n) is 3.25. The minimum atomic E-state index is -3.70. The number of rotatable bonds is 5. The fourth-order valence-corrected chi connectivity index (χ4v) is 3.82. The Bertz CT molecular complexity index is 666. The third-order valence-corrected chi connectivity index (χ3v) is 5.21. The number of carbonyl (C=O) groups is 1. The van der Waals surface area contributed by atoms with E-state index in [-0.39, 0.29) is 16.9 Å². The fraction of sp³-hybridized carbons (Fsp3) is 0.357. The van der Waals surface area contributed by atoms with Gasteiger partial charge in [0.1, 0.15) is 5.75 Å². The Labute approximate surface area is 123 Å². The van der Waals surface area contributed by atoms with E-state index in [1.807, 2.05) is 6.08 Å². The van der Waals surface area contributed by atoms with Crippen LogP contribution in [0, 0.1) is 0 Å². The van der Waals surface area contributed by atoms with Crippen molar-refractivity contribution in [3.63, 3.8) is 0 Å². The number of carboxylic acid groups (broad SMARTS) is 1. The van der Waals surface area contributed by atoms with Crippen LogP contribution in [0.5, 0.6) is 5.75 Å². The van der Waals surface area contributed by atoms with Crippen molar-refractivity contribution < 1.29 is 23.1 Å². The first-order valence-electron chi connectivity index (χ1n) is 6.49. The van der Waals surface area contributed by atoms with Crippen molar-refractivity contribution in [1.82, 2.24) is 4.31 Å². The molecule has 1 N–H and O–H groups in total. The Morgan fingerprint density at radius 1 is 1.38 bits per heavy atom. The fourth-order valence-electron chi connectivity index (χ4n) is 2.21. The van der Waals surface area contributed by atoms with E-state index in [1.54, 1.807) is 6.08 Å². The zero-order chi connectivity index (χ0) is 15.5. The van der Waals surface area contributed by atoms with E-state index in [9.17, 15) is 13.2 Å². The molecule has 0 radical (unpaired) electrons. The summed E-state index contributed by atoms with van der Waals surface area (Å²) in [5.74, 6) is -0.651. The first-order valence-corrected chi connectivity index (χ1v) is 7.93. The summed E-state index contributed by atoms with van der Waals surface area (Å²) in [6.45, 7) is 0.707. The summed E-state index contributed by atoms with van der Waals surface area (Å²) in [7, 11) is -2.25. The highest BCUT2D eigenvalue weighted by Crippen LogP contribution is 2.26. The molecule has 21 heavy (non-hydrogen) atoms. The number of nitrogens with zero attached hydrogens (tertiary/aromatic N) is 1. The monoisotopic (exact) mass is 311 g/mol. The summed E-state index contributed by atoms with van der Waals surface area (Å²) < 4.78 is 31.7. The lowest BCUT2D eigenvalue weighted by Crippen LogP contribution is -2.34. The van der Waals surface area contributed by atoms with Crippen LogP contribution < -0.4 is 4.74 Å². The molecule has 114 valence electrons. The number of hydrogen-bond donors (Lipinski definition) is 1. The van der Waals surface area contributed by atoms with Crippen LogP contribution >= 0.6 is 0 Å². The SMILES string of the molecule is COc1ccc(S(=O)(=O)N2CC=CCC2)c(CC(=O)O)c1. The average molecular weight is 311 g/mol. The van der Waals surface area contributed by atoms with E-state index in [0.717, 1.165) is 0 Å². The van der Waals surface area contributed by atoms with Gasteiger partial charge in [0.25, 0.3) is 0 Å². The first-order chi connectivity index (χ1) is 9.95. The maximum atomic E-state index is 12.6. The van der Waals surface area contributed by atoms with Gasteiger partial charge in [0.05, 0.1) is 18.4 Å². The number of methoxy groups -OCH3 is 1. The van der Waals surface area contributed by atoms with E-state index in [4.69, 9.17) is 9.84 Å². The number of benzene rings is 1. The van der Waals surface area contributed by atoms with Gasteiger partial charge < -0.3 is 9.84 Å². The van der Waals surface area contributed by atoms with Crippen LogP contribution in [0.15, 0.2) is 35.2 Å². The molecule has 0 aromatic heterocycles. The quantitative estimate of drug-likeness (QED) is 0.828. The highest BCUT2D eigenvalue weighted by Gasteiger charge is 2.27. The predicted octanol–water partition coefficient (Wildman–Crippen LogP) is 1.27. The van der Waals surface area contributed by atoms with Crippen molar-refractivity contribution in [2.75, 3.05) is 20.2 Å². The van der Waals surface area contributed by atoms with E-state index < -0.39 is 16.0 Å². The number of sulfonamides is 1. The molecule has 1 aliphatic heterocycles. The van der Waals surface area contributed by atoms with Crippen LogP contribution in [0.4, 0.5) is 0 Å². The average Bonchev–Trinajstić information content (AvgIpc) is 2.47. The zero-order valence-corrected chi connectivity index (χ0v) is 12.5. The molecule has 0 fully saturated rings. The normalized spacial score (nSPS) is 15.9. The van der Waals surface area contributed by atoms with Gasteiger partial charge in [0.2, 0.25) is 10.0 Å². The highest BCUT2D eigenvalue weighted by molar-refractivity contribution is 7.89. The smallest absolute Gasteiger partial charge is 0.307 e. The zero-order valence-electron chi connectivity index (χ0n) is 11.7. The number of ether oxygens (including phenoxy) is 1. The van der Waals surface area contributed by atoms with Crippen LogP contribution in [-0.2, 0) is 21.2 Å². The Morgan fingerprint density at radius 3 is 2.71 bits per heavy atom. The Hall–Kier alpha value is -1.86. The Balaban J connectivity index is 2.45. The van der Waals surface area contributed by atoms with E-state index in [1.165, 1.54) is 29.6 Å². The van der Waals surface area contributed by atoms with Crippen molar-refractivity contribution in [3.05, 3.63) is 35.9 Å². The number of aliphatic carboxylic acids is 1. The van der Waals surface area contributed by atoms with E-state index >= 15 is 0 Å². The van der Waals surface area contributed by atoms with Crippen LogP contribution in [0.1, 0.15) is 12.0 Å². The molecule has 6 nitrogen and oxygen atoms in total. The lowest BCUT2D eigenvalue weighted by atomic mass is 10.1. The second-order valence-corrected chi connectivity index (χ2v) is 6.57. The van der Waals surface area contributed by atoms with Crippen LogP contribution in [0.3, 0.4) is 0 Å². The molecule has 1 heterocycles. The largest absolute Gasteiger partial charge is 0.497 e. The van der Waals surface area contributed by atoms with Gasteiger partial charge >= 0.3 is 5.97 Å². The van der Waals surface area contributed by atoms with Crippen molar-refractivity contribution >= 4 is 16.0 Å². The van der Waals surface area contributed by atoms with Gasteiger partial charge in [0.15, 0.2) is 0 Å². The van der Waals surface area contributed by atoms with Crippen LogP contribution in [0.2, 0.25) is 0 Å². The van der Waals surface area contributed by atoms with Gasteiger partial charge in [-0.25, -0.2) is 8.42 Å². The summed E-state index contributed by atoms with van der Waals surface area (Å²) in [5, 5.41) is 8.97. The molecule has 2 rings (SSSR count). The Kier molecular flexibility index (Phi) is 4.64. The molecular weight excluding hydrogens is 294 g/mol. The molecule has 0 amide bonds. The van der Waals surface area contributed by atoms with Gasteiger partial charge in [-0.3, -0.25) is 4.79 Å². The lowest BCUT2D eigenvalue weighted by molar-refractivity contribution is -0.136. The standard InChI is InChI=1S/C14H17NO5S/c1-20-12-5-6-13(11(9-12)10-14(16)17)21(18,19)15-7-3-2-4-8-15/h2-3,5-6,9H,4,7-8,10H2,1H3,(H,16,17). The van der Waals surface area contributed by atoms with Crippen LogP contribution in [0.25, 0.3) is 0 Å². The molecular formula is C14H17NO5S. The molecule has 0 aliphatic carbocycles. The van der Waals surface area contributed by atoms with Gasteiger partial charge in [-0.2, -0.15) is 4.31 Å². The third kappa shape index (κ3) is 3.43. The van der Waals surface area contributed by atoms with Crippen LogP contribution in [-0.4, -0.2) is 44.0 Å². The van der Waals surface area contributed by atoms with Gasteiger partial charge in [-0.05, 0) is 30.2 Å². The summed E-state index contributed by atoms with van der Waals surface area (Å²) in [6.07, 6.45) is 4.01. The molecule has 7 heteroatoms. The second-order valence-electron chi connectivity index (χ2n) is 4.67. The van der Waals surface area contributed by atoms with E-state index in [2.05, 4.69) is 0 Å². The molecule has 1 aromatic carbocycles. The summed E-state index contributed by atoms with van der Waals surface area (Å²) in [5.41, 5.74) is 0.233. The van der Waals surface area contributed by atoms with Gasteiger partial charge in [-0.1, -0.05) is 12.2 Å². The van der Waals surface area contributed by atoms with Crippen molar-refractivity contribution in [2.24, 2.45) is 0 Å². The minimum Gasteiger partial charge on any atom is -0.497 e. The highest BCUT2D eigenvalue weighted by atomic mass is 32.2. The first kappa shape index (κ1) is 15.5. The maximum Gasteiger partial charge on any atom is 0.307 e. The number of carboxylic acids is 1. The van der Waals surface area contributed by atoms with Gasteiger partial charge in [0, 0.05) is 13.1 Å². The molecule has 0 atom stereocenters. The minimum absolute atomic E-state index is 0.0287. The molecule has 0 saturated heterocycles. The summed E-state index contributed by atoms with van der Waals surface area (Å²) in [4.78, 5) is 11.0. The molecule has 0 saturated carbocycles. The van der Waals surface area contributed by atoms with Gasteiger partial charge in [-0.15, -0.1) is 0 Å². The molecule has 0 unspecified atom stereocenters. The molecule has 0 bridgehead atoms. The lowest BCUT2D eigenvalue weighted by Gasteiger charge is -2.24. The van der Waals surface area contributed by atoms with Crippen molar-refractivity contribution in [1.29, 1.82) is 0 Å². The molecule has 0 spiro atoms. The summed E-state index contributed by atoms with van der Waals surface area (Å²) in [6, 6.07) is 4.39. The number of hydrogen-bond acceptors (Lipinski definition) is 4. The topological polar surface area (TPSA) is 83.9 Å². The summed E-state index contributed by atoms with van der Waals surface area (Å²) >= 11 is 0.